The van der Waals surface area contributed by atoms with Crippen LogP contribution in [-0.2, 0) is 23.9 Å². The summed E-state index contributed by atoms with van der Waals surface area (Å²) in [5.74, 6) is -0.313. The zero-order valence-electron chi connectivity index (χ0n) is 19.5. The minimum Gasteiger partial charge on any atom is -0.320 e. The zero-order valence-corrected chi connectivity index (χ0v) is 21.9. The van der Waals surface area contributed by atoms with Gasteiger partial charge < -0.3 is 9.88 Å². The third kappa shape index (κ3) is 5.52. The van der Waals surface area contributed by atoms with Gasteiger partial charge in [0.05, 0.1) is 16.8 Å². The van der Waals surface area contributed by atoms with E-state index in [9.17, 15) is 18.0 Å². The van der Waals surface area contributed by atoms with Crippen molar-refractivity contribution >= 4 is 67.8 Å². The smallest absolute Gasteiger partial charge is 0.320 e. The van der Waals surface area contributed by atoms with Gasteiger partial charge in [-0.05, 0) is 29.8 Å². The molecule has 3 heterocycles. The predicted molar refractivity (Wildman–Crippen MR) is 144 cm³/mol. The van der Waals surface area contributed by atoms with Crippen molar-refractivity contribution in [1.82, 2.24) is 24.7 Å². The molecule has 0 saturated heterocycles. The van der Waals surface area contributed by atoms with Crippen LogP contribution in [0.4, 0.5) is 18.3 Å². The Kier molecular flexibility index (Phi) is 7.37. The minimum absolute atomic E-state index is 0.0171. The van der Waals surface area contributed by atoms with E-state index in [2.05, 4.69) is 32.1 Å². The summed E-state index contributed by atoms with van der Waals surface area (Å²) in [6.07, 6.45) is -1.03. The molecule has 0 radical (unpaired) electrons. The molecule has 0 aliphatic heterocycles. The molecule has 5 aromatic rings. The van der Waals surface area contributed by atoms with Crippen molar-refractivity contribution in [2.24, 2.45) is 0 Å². The molecule has 0 aliphatic carbocycles. The number of nitrogens with zero attached hydrogens (tertiary/aromatic N) is 5. The van der Waals surface area contributed by atoms with Crippen molar-refractivity contribution in [3.8, 4) is 0 Å². The number of benzene rings is 2. The van der Waals surface area contributed by atoms with Gasteiger partial charge in [0.15, 0.2) is 10.8 Å². The van der Waals surface area contributed by atoms with Crippen LogP contribution in [-0.4, -0.2) is 36.4 Å². The van der Waals surface area contributed by atoms with E-state index in [-0.39, 0.29) is 23.1 Å². The third-order valence-electron chi connectivity index (χ3n) is 5.54. The number of halogens is 4. The first-order valence-electron chi connectivity index (χ1n) is 11.2. The zero-order chi connectivity index (χ0) is 26.9. The maximum absolute atomic E-state index is 13.0. The molecule has 0 fully saturated rings. The summed E-state index contributed by atoms with van der Waals surface area (Å²) in [6.45, 7) is 4.36. The number of alkyl halides is 3. The van der Waals surface area contributed by atoms with Crippen molar-refractivity contribution in [2.45, 2.75) is 24.3 Å². The van der Waals surface area contributed by atoms with E-state index < -0.39 is 11.7 Å². The number of carbonyl (C=O) groups excluding carboxylic acids is 1. The summed E-state index contributed by atoms with van der Waals surface area (Å²) in [7, 11) is 0. The van der Waals surface area contributed by atoms with Gasteiger partial charge in [0.1, 0.15) is 5.52 Å². The van der Waals surface area contributed by atoms with Crippen LogP contribution in [0.5, 0.6) is 0 Å². The standard InChI is InChI=1S/C25H18ClF3N6OS2/c1-2-9-35-19-6-4-3-5-17(19)21-22(35)32-24(34-33-21)37-13-20(36)31-23-30-12-16(38-23)11-14-10-15(25(27,28)29)7-8-18(14)26/h2-8,10,12H,1,9,11,13H2,(H,30,31,36). The molecule has 5 rings (SSSR count). The molecule has 194 valence electrons. The van der Waals surface area contributed by atoms with E-state index >= 15 is 0 Å². The minimum atomic E-state index is -4.46. The van der Waals surface area contributed by atoms with Gasteiger partial charge in [0.2, 0.25) is 11.1 Å². The number of aromatic nitrogens is 5. The SMILES string of the molecule is C=CCn1c2ccccc2c2nnc(SCC(=O)Nc3ncc(Cc4cc(C(F)(F)F)ccc4Cl)s3)nc21. The van der Waals surface area contributed by atoms with E-state index in [4.69, 9.17) is 11.6 Å². The number of anilines is 1. The first-order chi connectivity index (χ1) is 18.2. The monoisotopic (exact) mass is 574 g/mol. The highest BCUT2D eigenvalue weighted by Crippen LogP contribution is 2.33. The van der Waals surface area contributed by atoms with E-state index in [1.807, 2.05) is 28.8 Å². The fraction of sp³-hybridized carbons (Fsp3) is 0.160. The number of thiazole rings is 1. The van der Waals surface area contributed by atoms with Crippen LogP contribution in [0.2, 0.25) is 5.02 Å². The van der Waals surface area contributed by atoms with Crippen LogP contribution in [0, 0.1) is 0 Å². The van der Waals surface area contributed by atoms with E-state index in [1.54, 1.807) is 6.08 Å². The summed E-state index contributed by atoms with van der Waals surface area (Å²) in [5.41, 5.74) is 1.85. The van der Waals surface area contributed by atoms with E-state index in [0.29, 0.717) is 38.4 Å². The van der Waals surface area contributed by atoms with Crippen LogP contribution in [0.25, 0.3) is 22.1 Å². The number of carbonyl (C=O) groups is 1. The number of hydrogen-bond donors (Lipinski definition) is 1. The Morgan fingerprint density at radius 2 is 2.03 bits per heavy atom. The van der Waals surface area contributed by atoms with Gasteiger partial charge in [0, 0.05) is 34.4 Å². The molecule has 0 spiro atoms. The Morgan fingerprint density at radius 1 is 1.21 bits per heavy atom. The summed E-state index contributed by atoms with van der Waals surface area (Å²) in [6, 6.07) is 11.0. The van der Waals surface area contributed by atoms with E-state index in [0.717, 1.165) is 46.1 Å². The van der Waals surface area contributed by atoms with Crippen molar-refractivity contribution < 1.29 is 18.0 Å². The van der Waals surface area contributed by atoms with Gasteiger partial charge in [-0.3, -0.25) is 4.79 Å². The molecule has 0 saturated carbocycles. The second-order valence-electron chi connectivity index (χ2n) is 8.13. The van der Waals surface area contributed by atoms with Crippen molar-refractivity contribution in [3.63, 3.8) is 0 Å². The molecule has 2 aromatic carbocycles. The first-order valence-corrected chi connectivity index (χ1v) is 13.4. The lowest BCUT2D eigenvalue weighted by Gasteiger charge is -2.09. The molecular formula is C25H18ClF3N6OS2. The van der Waals surface area contributed by atoms with Crippen molar-refractivity contribution in [2.75, 3.05) is 11.1 Å². The summed E-state index contributed by atoms with van der Waals surface area (Å²) >= 11 is 8.39. The molecule has 3 aromatic heterocycles. The van der Waals surface area contributed by atoms with Crippen LogP contribution in [0.15, 0.2) is 66.5 Å². The molecule has 0 atom stereocenters. The van der Waals surface area contributed by atoms with E-state index in [1.165, 1.54) is 12.3 Å². The first kappa shape index (κ1) is 26.1. The molecule has 7 nitrogen and oxygen atoms in total. The number of rotatable bonds is 8. The Hall–Kier alpha value is -3.48. The number of hydrogen-bond acceptors (Lipinski definition) is 7. The normalized spacial score (nSPS) is 11.8. The number of amides is 1. The number of allylic oxidation sites excluding steroid dienone is 1. The lowest BCUT2D eigenvalue weighted by Crippen LogP contribution is -2.14. The average molecular weight is 575 g/mol. The highest BCUT2D eigenvalue weighted by molar-refractivity contribution is 7.99. The maximum atomic E-state index is 13.0. The fourth-order valence-corrected chi connectivity index (χ4v) is 5.49. The van der Waals surface area contributed by atoms with Gasteiger partial charge in [0.25, 0.3) is 0 Å². The topological polar surface area (TPSA) is 85.6 Å². The molecule has 0 unspecified atom stereocenters. The Morgan fingerprint density at radius 3 is 2.82 bits per heavy atom. The highest BCUT2D eigenvalue weighted by atomic mass is 35.5. The van der Waals surface area contributed by atoms with Crippen LogP contribution < -0.4 is 5.32 Å². The van der Waals surface area contributed by atoms with Gasteiger partial charge in [-0.1, -0.05) is 47.6 Å². The number of nitrogens with one attached hydrogen (secondary N) is 1. The molecule has 13 heteroatoms. The molecular weight excluding hydrogens is 557 g/mol. The van der Waals surface area contributed by atoms with Gasteiger partial charge >= 0.3 is 6.18 Å². The molecule has 1 N–H and O–H groups in total. The van der Waals surface area contributed by atoms with Crippen LogP contribution in [0.1, 0.15) is 16.0 Å². The molecule has 0 aliphatic rings. The molecule has 1 amide bonds. The number of fused-ring (bicyclic) bond motifs is 3. The fourth-order valence-electron chi connectivity index (χ4n) is 3.87. The largest absolute Gasteiger partial charge is 0.416 e. The number of thioether (sulfide) groups is 1. The Balaban J connectivity index is 1.25. The molecule has 0 bridgehead atoms. The predicted octanol–water partition coefficient (Wildman–Crippen LogP) is 6.62. The average Bonchev–Trinajstić information content (AvgIpc) is 3.45. The summed E-state index contributed by atoms with van der Waals surface area (Å²) in [4.78, 5) is 22.0. The maximum Gasteiger partial charge on any atom is 0.416 e. The highest BCUT2D eigenvalue weighted by Gasteiger charge is 2.31. The quantitative estimate of drug-likeness (QED) is 0.166. The summed E-state index contributed by atoms with van der Waals surface area (Å²) in [5, 5.41) is 13.0. The lowest BCUT2D eigenvalue weighted by molar-refractivity contribution is -0.137. The Labute approximate surface area is 227 Å². The number of para-hydroxylation sites is 1. The van der Waals surface area contributed by atoms with Crippen molar-refractivity contribution in [3.05, 3.63) is 82.3 Å². The summed E-state index contributed by atoms with van der Waals surface area (Å²) < 4.78 is 41.1. The third-order valence-corrected chi connectivity index (χ3v) is 7.66. The van der Waals surface area contributed by atoms with Gasteiger partial charge in [-0.25, -0.2) is 9.97 Å². The van der Waals surface area contributed by atoms with Gasteiger partial charge in [-0.15, -0.1) is 28.1 Å². The van der Waals surface area contributed by atoms with Crippen molar-refractivity contribution in [1.29, 1.82) is 0 Å². The van der Waals surface area contributed by atoms with Crippen LogP contribution >= 0.6 is 34.7 Å². The second kappa shape index (κ2) is 10.7. The second-order valence-corrected chi connectivity index (χ2v) is 10.6. The van der Waals surface area contributed by atoms with Gasteiger partial charge in [-0.2, -0.15) is 13.2 Å². The Bertz CT molecular complexity index is 1670. The van der Waals surface area contributed by atoms with Crippen LogP contribution in [0.3, 0.4) is 0 Å². The lowest BCUT2D eigenvalue weighted by atomic mass is 10.1. The molecule has 38 heavy (non-hydrogen) atoms.